The van der Waals surface area contributed by atoms with Gasteiger partial charge in [-0.3, -0.25) is 9.69 Å². The van der Waals surface area contributed by atoms with E-state index in [-0.39, 0.29) is 0 Å². The molecule has 0 bridgehead atoms. The van der Waals surface area contributed by atoms with Gasteiger partial charge in [-0.05, 0) is 30.7 Å². The first-order valence-electron chi connectivity index (χ1n) is 6.99. The lowest BCUT2D eigenvalue weighted by Crippen LogP contribution is -2.44. The van der Waals surface area contributed by atoms with E-state index in [2.05, 4.69) is 9.80 Å². The summed E-state index contributed by atoms with van der Waals surface area (Å²) >= 11 is 0. The number of aldehydes is 1. The molecule has 1 aromatic carbocycles. The second kappa shape index (κ2) is 5.72. The minimum absolute atomic E-state index is 0.648. The van der Waals surface area contributed by atoms with Gasteiger partial charge in [-0.15, -0.1) is 0 Å². The summed E-state index contributed by atoms with van der Waals surface area (Å²) in [5.41, 5.74) is 1.97. The van der Waals surface area contributed by atoms with E-state index in [1.807, 2.05) is 24.3 Å². The number of benzene rings is 1. The Labute approximate surface area is 113 Å². The summed E-state index contributed by atoms with van der Waals surface area (Å²) in [7, 11) is 0. The molecule has 0 radical (unpaired) electrons. The molecule has 0 N–H and O–H groups in total. The van der Waals surface area contributed by atoms with Gasteiger partial charge < -0.3 is 9.64 Å². The molecule has 2 saturated heterocycles. The van der Waals surface area contributed by atoms with Crippen molar-refractivity contribution in [2.75, 3.05) is 44.3 Å². The van der Waals surface area contributed by atoms with Crippen molar-refractivity contribution in [1.82, 2.24) is 4.90 Å². The summed E-state index contributed by atoms with van der Waals surface area (Å²) in [6.45, 7) is 6.03. The average Bonchev–Trinajstić information content (AvgIpc) is 2.98. The third-order valence-electron chi connectivity index (χ3n) is 4.12. The fourth-order valence-corrected chi connectivity index (χ4v) is 2.98. The summed E-state index contributed by atoms with van der Waals surface area (Å²) in [4.78, 5) is 15.6. The first kappa shape index (κ1) is 12.6. The van der Waals surface area contributed by atoms with Crippen LogP contribution in [0.15, 0.2) is 24.3 Å². The van der Waals surface area contributed by atoms with Crippen LogP contribution >= 0.6 is 0 Å². The molecule has 19 heavy (non-hydrogen) atoms. The lowest BCUT2D eigenvalue weighted by atomic mass is 10.2. The van der Waals surface area contributed by atoms with Crippen LogP contribution in [0, 0.1) is 0 Å². The maximum Gasteiger partial charge on any atom is 0.150 e. The van der Waals surface area contributed by atoms with Gasteiger partial charge in [0.15, 0.2) is 0 Å². The number of hydrogen-bond donors (Lipinski definition) is 0. The Morgan fingerprint density at radius 2 is 1.84 bits per heavy atom. The molecule has 4 heteroatoms. The Bertz CT molecular complexity index is 426. The first-order valence-corrected chi connectivity index (χ1v) is 6.99. The second-order valence-corrected chi connectivity index (χ2v) is 5.25. The molecule has 102 valence electrons. The van der Waals surface area contributed by atoms with Crippen LogP contribution in [0.2, 0.25) is 0 Å². The normalized spacial score (nSPS) is 24.6. The zero-order valence-electron chi connectivity index (χ0n) is 11.1. The Kier molecular flexibility index (Phi) is 3.80. The minimum atomic E-state index is 0.648. The van der Waals surface area contributed by atoms with E-state index in [4.69, 9.17) is 4.74 Å². The van der Waals surface area contributed by atoms with Crippen LogP contribution in [0.4, 0.5) is 5.69 Å². The van der Waals surface area contributed by atoms with Gasteiger partial charge in [-0.1, -0.05) is 0 Å². The summed E-state index contributed by atoms with van der Waals surface area (Å²) < 4.78 is 5.41. The molecule has 0 amide bonds. The number of hydrogen-bond acceptors (Lipinski definition) is 4. The number of morpholine rings is 1. The van der Waals surface area contributed by atoms with Gasteiger partial charge in [-0.2, -0.15) is 0 Å². The Morgan fingerprint density at radius 1 is 1.11 bits per heavy atom. The molecular formula is C15H20N2O2. The van der Waals surface area contributed by atoms with Crippen LogP contribution in [0.5, 0.6) is 0 Å². The molecule has 1 unspecified atom stereocenters. The summed E-state index contributed by atoms with van der Waals surface area (Å²) in [5.74, 6) is 0. The monoisotopic (exact) mass is 260 g/mol. The minimum Gasteiger partial charge on any atom is -0.379 e. The van der Waals surface area contributed by atoms with E-state index in [0.717, 1.165) is 51.2 Å². The molecule has 3 rings (SSSR count). The van der Waals surface area contributed by atoms with Crippen molar-refractivity contribution >= 4 is 12.0 Å². The van der Waals surface area contributed by atoms with E-state index in [9.17, 15) is 4.79 Å². The topological polar surface area (TPSA) is 32.8 Å². The van der Waals surface area contributed by atoms with E-state index < -0.39 is 0 Å². The highest BCUT2D eigenvalue weighted by Crippen LogP contribution is 2.23. The predicted octanol–water partition coefficient (Wildman–Crippen LogP) is 1.41. The van der Waals surface area contributed by atoms with Crippen LogP contribution < -0.4 is 4.90 Å². The molecular weight excluding hydrogens is 240 g/mol. The summed E-state index contributed by atoms with van der Waals surface area (Å²) in [5, 5.41) is 0. The van der Waals surface area contributed by atoms with Crippen molar-refractivity contribution < 1.29 is 9.53 Å². The fraction of sp³-hybridized carbons (Fsp3) is 0.533. The van der Waals surface area contributed by atoms with E-state index >= 15 is 0 Å². The third kappa shape index (κ3) is 2.80. The molecule has 1 aromatic rings. The fourth-order valence-electron chi connectivity index (χ4n) is 2.98. The highest BCUT2D eigenvalue weighted by molar-refractivity contribution is 5.75. The molecule has 0 spiro atoms. The van der Waals surface area contributed by atoms with Gasteiger partial charge in [-0.25, -0.2) is 0 Å². The second-order valence-electron chi connectivity index (χ2n) is 5.25. The third-order valence-corrected chi connectivity index (χ3v) is 4.12. The summed E-state index contributed by atoms with van der Waals surface area (Å²) in [6.07, 6.45) is 2.11. The van der Waals surface area contributed by atoms with Gasteiger partial charge in [0.1, 0.15) is 6.29 Å². The van der Waals surface area contributed by atoms with Gasteiger partial charge in [0.05, 0.1) is 13.2 Å². The van der Waals surface area contributed by atoms with E-state index in [0.29, 0.717) is 6.04 Å². The Hall–Kier alpha value is -1.39. The van der Waals surface area contributed by atoms with Crippen molar-refractivity contribution in [3.63, 3.8) is 0 Å². The molecule has 0 saturated carbocycles. The van der Waals surface area contributed by atoms with Gasteiger partial charge in [0.2, 0.25) is 0 Å². The Balaban J connectivity index is 1.62. The van der Waals surface area contributed by atoms with Crippen molar-refractivity contribution in [1.29, 1.82) is 0 Å². The number of anilines is 1. The van der Waals surface area contributed by atoms with Crippen LogP contribution in [-0.2, 0) is 4.74 Å². The van der Waals surface area contributed by atoms with E-state index in [1.54, 1.807) is 0 Å². The van der Waals surface area contributed by atoms with Crippen molar-refractivity contribution in [2.24, 2.45) is 0 Å². The van der Waals surface area contributed by atoms with Crippen LogP contribution in [0.25, 0.3) is 0 Å². The zero-order chi connectivity index (χ0) is 13.1. The zero-order valence-corrected chi connectivity index (χ0v) is 11.1. The number of rotatable bonds is 3. The molecule has 2 aliphatic heterocycles. The van der Waals surface area contributed by atoms with E-state index in [1.165, 1.54) is 12.1 Å². The van der Waals surface area contributed by atoms with Crippen LogP contribution in [0.3, 0.4) is 0 Å². The van der Waals surface area contributed by atoms with Crippen LogP contribution in [-0.4, -0.2) is 56.6 Å². The maximum absolute atomic E-state index is 10.7. The van der Waals surface area contributed by atoms with Crippen molar-refractivity contribution in [3.05, 3.63) is 29.8 Å². The molecule has 1 atom stereocenters. The molecule has 4 nitrogen and oxygen atoms in total. The number of ether oxygens (including phenoxy) is 1. The average molecular weight is 260 g/mol. The Morgan fingerprint density at radius 3 is 2.53 bits per heavy atom. The smallest absolute Gasteiger partial charge is 0.150 e. The van der Waals surface area contributed by atoms with Gasteiger partial charge >= 0.3 is 0 Å². The standard InChI is InChI=1S/C15H20N2O2/c18-12-13-1-3-14(4-2-13)17-6-5-15(11-17)16-7-9-19-10-8-16/h1-4,12,15H,5-11H2. The number of nitrogens with zero attached hydrogens (tertiary/aromatic N) is 2. The lowest BCUT2D eigenvalue weighted by molar-refractivity contribution is 0.0209. The van der Waals surface area contributed by atoms with Gasteiger partial charge in [0.25, 0.3) is 0 Å². The maximum atomic E-state index is 10.7. The molecule has 0 aromatic heterocycles. The lowest BCUT2D eigenvalue weighted by Gasteiger charge is -2.32. The molecule has 0 aliphatic carbocycles. The first-order chi connectivity index (χ1) is 9.36. The molecule has 2 aliphatic rings. The van der Waals surface area contributed by atoms with Crippen molar-refractivity contribution in [3.8, 4) is 0 Å². The molecule has 2 fully saturated rings. The quantitative estimate of drug-likeness (QED) is 0.769. The number of carbonyl (C=O) groups is 1. The predicted molar refractivity (Wildman–Crippen MR) is 74.8 cm³/mol. The number of carbonyl (C=O) groups excluding carboxylic acids is 1. The molecule has 2 heterocycles. The summed E-state index contributed by atoms with van der Waals surface area (Å²) in [6, 6.07) is 8.53. The van der Waals surface area contributed by atoms with Gasteiger partial charge in [0, 0.05) is 43.5 Å². The highest BCUT2D eigenvalue weighted by Gasteiger charge is 2.28. The largest absolute Gasteiger partial charge is 0.379 e. The highest BCUT2D eigenvalue weighted by atomic mass is 16.5. The van der Waals surface area contributed by atoms with Crippen molar-refractivity contribution in [2.45, 2.75) is 12.5 Å². The van der Waals surface area contributed by atoms with Crippen LogP contribution in [0.1, 0.15) is 16.8 Å². The SMILES string of the molecule is O=Cc1ccc(N2CCC(N3CCOCC3)C2)cc1.